The molecule has 0 aliphatic heterocycles. The summed E-state index contributed by atoms with van der Waals surface area (Å²) in [5, 5.41) is 6.64. The number of carbonyl (C=O) groups excluding carboxylic acids is 1. The number of nitrogens with zero attached hydrogens (tertiary/aromatic N) is 1. The van der Waals surface area contributed by atoms with Gasteiger partial charge < -0.3 is 20.4 Å². The quantitative estimate of drug-likeness (QED) is 0.753. The molecule has 3 N–H and O–H groups in total. The molecule has 2 rings (SSSR count). The number of carbonyl (C=O) groups is 1. The number of fused-ring (bicyclic) bond motifs is 1. The van der Waals surface area contributed by atoms with Crippen LogP contribution in [0.2, 0.25) is 0 Å². The number of pyridine rings is 1. The normalized spacial score (nSPS) is 10.5. The van der Waals surface area contributed by atoms with E-state index in [2.05, 4.69) is 20.6 Å². The minimum Gasteiger partial charge on any atom is -0.495 e. The third-order valence-electron chi connectivity index (χ3n) is 3.04. The van der Waals surface area contributed by atoms with E-state index in [4.69, 9.17) is 4.74 Å². The second-order valence-corrected chi connectivity index (χ2v) is 4.52. The molecule has 0 saturated heterocycles. The Labute approximate surface area is 117 Å². The van der Waals surface area contributed by atoms with E-state index in [1.807, 2.05) is 19.2 Å². The van der Waals surface area contributed by atoms with E-state index < -0.39 is 0 Å². The van der Waals surface area contributed by atoms with Crippen LogP contribution in [0.4, 0.5) is 4.79 Å². The second-order valence-electron chi connectivity index (χ2n) is 4.52. The van der Waals surface area contributed by atoms with Gasteiger partial charge in [-0.1, -0.05) is 6.92 Å². The molecule has 2 aromatic rings. The van der Waals surface area contributed by atoms with E-state index in [0.29, 0.717) is 13.1 Å². The summed E-state index contributed by atoms with van der Waals surface area (Å²) in [5.41, 5.74) is 1.94. The number of urea groups is 1. The second kappa shape index (κ2) is 6.79. The Kier molecular flexibility index (Phi) is 4.81. The van der Waals surface area contributed by atoms with Gasteiger partial charge in [-0.3, -0.25) is 0 Å². The number of amides is 2. The van der Waals surface area contributed by atoms with Gasteiger partial charge in [0, 0.05) is 24.7 Å². The van der Waals surface area contributed by atoms with Crippen molar-refractivity contribution in [2.45, 2.75) is 19.8 Å². The fourth-order valence-electron chi connectivity index (χ4n) is 1.97. The first-order valence-corrected chi connectivity index (χ1v) is 6.76. The Morgan fingerprint density at radius 2 is 2.20 bits per heavy atom. The SMILES string of the molecule is CCCNC(=O)NCCc1c[nH]c2ncc(OC)cc12. The zero-order valence-electron chi connectivity index (χ0n) is 11.8. The third kappa shape index (κ3) is 3.40. The Balaban J connectivity index is 1.94. The van der Waals surface area contributed by atoms with Crippen molar-refractivity contribution in [1.82, 2.24) is 20.6 Å². The van der Waals surface area contributed by atoms with Gasteiger partial charge in [-0.15, -0.1) is 0 Å². The molecule has 0 aliphatic rings. The van der Waals surface area contributed by atoms with E-state index in [9.17, 15) is 4.79 Å². The van der Waals surface area contributed by atoms with Crippen molar-refractivity contribution in [3.8, 4) is 5.75 Å². The molecule has 0 bridgehead atoms. The van der Waals surface area contributed by atoms with E-state index in [0.717, 1.165) is 35.2 Å². The van der Waals surface area contributed by atoms with Gasteiger partial charge in [-0.2, -0.15) is 0 Å². The van der Waals surface area contributed by atoms with Crippen molar-refractivity contribution in [3.05, 3.63) is 24.0 Å². The van der Waals surface area contributed by atoms with Gasteiger partial charge in [-0.05, 0) is 24.5 Å². The van der Waals surface area contributed by atoms with Gasteiger partial charge in [0.15, 0.2) is 0 Å². The van der Waals surface area contributed by atoms with Gasteiger partial charge >= 0.3 is 6.03 Å². The molecule has 2 heterocycles. The van der Waals surface area contributed by atoms with Crippen LogP contribution >= 0.6 is 0 Å². The predicted octanol–water partition coefficient (Wildman–Crippen LogP) is 1.82. The molecule has 0 unspecified atom stereocenters. The fourth-order valence-corrected chi connectivity index (χ4v) is 1.97. The van der Waals surface area contributed by atoms with Crippen molar-refractivity contribution in [2.24, 2.45) is 0 Å². The van der Waals surface area contributed by atoms with E-state index >= 15 is 0 Å². The molecule has 2 amide bonds. The lowest BCUT2D eigenvalue weighted by molar-refractivity contribution is 0.241. The van der Waals surface area contributed by atoms with E-state index in [1.165, 1.54) is 0 Å². The molecule has 6 heteroatoms. The highest BCUT2D eigenvalue weighted by Gasteiger charge is 2.07. The molecule has 108 valence electrons. The Morgan fingerprint density at radius 3 is 2.95 bits per heavy atom. The predicted molar refractivity (Wildman–Crippen MR) is 78.0 cm³/mol. The van der Waals surface area contributed by atoms with Crippen LogP contribution in [0.3, 0.4) is 0 Å². The third-order valence-corrected chi connectivity index (χ3v) is 3.04. The maximum Gasteiger partial charge on any atom is 0.314 e. The van der Waals surface area contributed by atoms with E-state index in [1.54, 1.807) is 13.3 Å². The summed E-state index contributed by atoms with van der Waals surface area (Å²) < 4.78 is 5.18. The summed E-state index contributed by atoms with van der Waals surface area (Å²) in [6, 6.07) is 1.83. The Morgan fingerprint density at radius 1 is 1.40 bits per heavy atom. The fraction of sp³-hybridized carbons (Fsp3) is 0.429. The van der Waals surface area contributed by atoms with Crippen molar-refractivity contribution in [3.63, 3.8) is 0 Å². The van der Waals surface area contributed by atoms with Gasteiger partial charge in [0.2, 0.25) is 0 Å². The van der Waals surface area contributed by atoms with Gasteiger partial charge in [0.25, 0.3) is 0 Å². The Hall–Kier alpha value is -2.24. The number of hydrogen-bond donors (Lipinski definition) is 3. The highest BCUT2D eigenvalue weighted by molar-refractivity contribution is 5.81. The summed E-state index contributed by atoms with van der Waals surface area (Å²) in [4.78, 5) is 18.8. The smallest absolute Gasteiger partial charge is 0.314 e. The Bertz CT molecular complexity index is 580. The van der Waals surface area contributed by atoms with Gasteiger partial charge in [0.1, 0.15) is 11.4 Å². The molecule has 0 aromatic carbocycles. The maximum absolute atomic E-state index is 11.4. The molecule has 0 radical (unpaired) electrons. The topological polar surface area (TPSA) is 79.0 Å². The standard InChI is InChI=1S/C14H20N4O2/c1-3-5-15-14(19)16-6-4-10-8-17-13-12(10)7-11(20-2)9-18-13/h7-9H,3-6H2,1-2H3,(H,17,18)(H2,15,16,19). The van der Waals surface area contributed by atoms with Crippen molar-refractivity contribution in [2.75, 3.05) is 20.2 Å². The number of aromatic amines is 1. The van der Waals surface area contributed by atoms with Crippen LogP contribution in [-0.2, 0) is 6.42 Å². The monoisotopic (exact) mass is 276 g/mol. The molecular weight excluding hydrogens is 256 g/mol. The van der Waals surface area contributed by atoms with Crippen LogP contribution in [0.5, 0.6) is 5.75 Å². The zero-order valence-corrected chi connectivity index (χ0v) is 11.8. The van der Waals surface area contributed by atoms with Gasteiger partial charge in [0.05, 0.1) is 13.3 Å². The molecule has 2 aromatic heterocycles. The summed E-state index contributed by atoms with van der Waals surface area (Å²) in [6.45, 7) is 3.30. The largest absolute Gasteiger partial charge is 0.495 e. The first-order chi connectivity index (χ1) is 9.74. The van der Waals surface area contributed by atoms with Crippen molar-refractivity contribution >= 4 is 17.1 Å². The summed E-state index contributed by atoms with van der Waals surface area (Å²) in [6.07, 6.45) is 5.28. The van der Waals surface area contributed by atoms with Crippen LogP contribution < -0.4 is 15.4 Å². The number of hydrogen-bond acceptors (Lipinski definition) is 3. The summed E-state index contributed by atoms with van der Waals surface area (Å²) >= 11 is 0. The number of rotatable bonds is 6. The van der Waals surface area contributed by atoms with Gasteiger partial charge in [-0.25, -0.2) is 9.78 Å². The lowest BCUT2D eigenvalue weighted by Gasteiger charge is -2.06. The number of aromatic nitrogens is 2. The lowest BCUT2D eigenvalue weighted by Crippen LogP contribution is -2.36. The molecule has 6 nitrogen and oxygen atoms in total. The molecule has 0 spiro atoms. The number of methoxy groups -OCH3 is 1. The molecule has 0 atom stereocenters. The van der Waals surface area contributed by atoms with Crippen molar-refractivity contribution in [1.29, 1.82) is 0 Å². The number of ether oxygens (including phenoxy) is 1. The zero-order chi connectivity index (χ0) is 14.4. The lowest BCUT2D eigenvalue weighted by atomic mass is 10.1. The first-order valence-electron chi connectivity index (χ1n) is 6.76. The molecule has 0 fully saturated rings. The maximum atomic E-state index is 11.4. The molecule has 0 saturated carbocycles. The minimum atomic E-state index is -0.123. The van der Waals surface area contributed by atoms with Crippen LogP contribution in [0.1, 0.15) is 18.9 Å². The van der Waals surface area contributed by atoms with Crippen molar-refractivity contribution < 1.29 is 9.53 Å². The average molecular weight is 276 g/mol. The van der Waals surface area contributed by atoms with Crippen LogP contribution in [-0.4, -0.2) is 36.2 Å². The van der Waals surface area contributed by atoms with Crippen LogP contribution in [0.15, 0.2) is 18.5 Å². The van der Waals surface area contributed by atoms with E-state index in [-0.39, 0.29) is 6.03 Å². The molecule has 20 heavy (non-hydrogen) atoms. The molecular formula is C14H20N4O2. The number of H-pyrrole nitrogens is 1. The first kappa shape index (κ1) is 14.2. The highest BCUT2D eigenvalue weighted by Crippen LogP contribution is 2.21. The number of nitrogens with one attached hydrogen (secondary N) is 3. The average Bonchev–Trinajstić information content (AvgIpc) is 2.87. The van der Waals surface area contributed by atoms with Crippen LogP contribution in [0.25, 0.3) is 11.0 Å². The van der Waals surface area contributed by atoms with Crippen LogP contribution in [0, 0.1) is 0 Å². The molecule has 0 aliphatic carbocycles. The summed E-state index contributed by atoms with van der Waals surface area (Å²) in [5.74, 6) is 0.729. The summed E-state index contributed by atoms with van der Waals surface area (Å²) in [7, 11) is 1.62. The minimum absolute atomic E-state index is 0.123. The highest BCUT2D eigenvalue weighted by atomic mass is 16.5.